The number of benzene rings is 2. The molecule has 32 heavy (non-hydrogen) atoms. The molecule has 2 heteroatoms. The summed E-state index contributed by atoms with van der Waals surface area (Å²) in [5.41, 5.74) is 13.6. The molecule has 0 aliphatic heterocycles. The number of fused-ring (bicyclic) bond motifs is 2. The van der Waals surface area contributed by atoms with Crippen molar-refractivity contribution < 1.29 is 17.7 Å². The van der Waals surface area contributed by atoms with Crippen molar-refractivity contribution in [2.24, 2.45) is 0 Å². The van der Waals surface area contributed by atoms with Gasteiger partial charge >= 0.3 is 201 Å². The first-order chi connectivity index (χ1) is 15.3. The Bertz CT molecular complexity index is 996. The molecule has 0 nitrogen and oxygen atoms in total. The van der Waals surface area contributed by atoms with Crippen LogP contribution in [0.3, 0.4) is 0 Å². The van der Waals surface area contributed by atoms with Crippen molar-refractivity contribution in [3.63, 3.8) is 0 Å². The molecule has 0 radical (unpaired) electrons. The Balaban J connectivity index is 2.00. The van der Waals surface area contributed by atoms with E-state index in [0.717, 1.165) is 7.35 Å². The van der Waals surface area contributed by atoms with Crippen LogP contribution < -0.4 is 0 Å². The second kappa shape index (κ2) is 8.99. The summed E-state index contributed by atoms with van der Waals surface area (Å²) in [5.74, 6) is 0. The standard InChI is InChI=1S/2C14H17.2CH3.Hf.H3Si/c2*1-3-7-11-10-12-8-5-6-9-14(12)13(11)4-2;;;;/h2*5-6,8-10H,3-4,7H2,1-2H3;2*1H3;;1H3. The SMILES string of the molecule is CCCC1=C(CC)c2ccccc2[CH]1[Hf]([CH3])([CH3])([SiH3])[CH]1C(CCC)=C(CC)c2ccccc21. The Hall–Kier alpha value is -0.993. The van der Waals surface area contributed by atoms with Gasteiger partial charge < -0.3 is 0 Å². The van der Waals surface area contributed by atoms with E-state index in [-0.39, 0.29) is 0 Å². The van der Waals surface area contributed by atoms with E-state index < -0.39 is 17.7 Å². The number of rotatable bonds is 8. The van der Waals surface area contributed by atoms with Gasteiger partial charge in [0.25, 0.3) is 0 Å². The summed E-state index contributed by atoms with van der Waals surface area (Å²) in [4.78, 5) is 0. The Labute approximate surface area is 200 Å². The van der Waals surface area contributed by atoms with Crippen molar-refractivity contribution in [3.8, 4) is 0 Å². The van der Waals surface area contributed by atoms with Crippen molar-refractivity contribution in [2.75, 3.05) is 0 Å². The van der Waals surface area contributed by atoms with Gasteiger partial charge in [0.1, 0.15) is 0 Å². The maximum absolute atomic E-state index is 3.45. The summed E-state index contributed by atoms with van der Waals surface area (Å²) >= 11 is -3.45. The predicted octanol–water partition coefficient (Wildman–Crippen LogP) is 8.49. The molecular weight excluding hydrogens is 567 g/mol. The molecule has 2 aliphatic carbocycles. The molecule has 2 aliphatic rings. The summed E-state index contributed by atoms with van der Waals surface area (Å²) in [6.45, 7) is 9.53. The van der Waals surface area contributed by atoms with Gasteiger partial charge in [0.15, 0.2) is 0 Å². The molecule has 0 N–H and O–H groups in total. The molecule has 0 amide bonds. The van der Waals surface area contributed by atoms with Crippen molar-refractivity contribution >= 4 is 18.6 Å². The molecule has 0 spiro atoms. The third-order valence-electron chi connectivity index (χ3n) is 8.48. The molecule has 2 aromatic carbocycles. The zero-order valence-electron chi connectivity index (χ0n) is 21.5. The van der Waals surface area contributed by atoms with Crippen LogP contribution >= 0.6 is 0 Å². The van der Waals surface area contributed by atoms with Crippen LogP contribution in [0, 0.1) is 0 Å². The summed E-state index contributed by atoms with van der Waals surface area (Å²) in [5, 5.41) is 0. The molecule has 2 atom stereocenters. The summed E-state index contributed by atoms with van der Waals surface area (Å²) in [7, 11) is 1.36. The molecule has 0 bridgehead atoms. The average molecular weight is 610 g/mol. The van der Waals surface area contributed by atoms with Crippen LogP contribution in [0.25, 0.3) is 11.1 Å². The zero-order chi connectivity index (χ0) is 23.1. The van der Waals surface area contributed by atoms with E-state index in [0.29, 0.717) is 0 Å². The summed E-state index contributed by atoms with van der Waals surface area (Å²) < 4.78 is 7.20. The van der Waals surface area contributed by atoms with Crippen LogP contribution in [0.15, 0.2) is 59.7 Å². The molecule has 2 aromatic rings. The Morgan fingerprint density at radius 3 is 1.38 bits per heavy atom. The van der Waals surface area contributed by atoms with Crippen LogP contribution in [0.4, 0.5) is 0 Å². The topological polar surface area (TPSA) is 0 Å². The van der Waals surface area contributed by atoms with E-state index in [4.69, 9.17) is 0 Å². The van der Waals surface area contributed by atoms with Gasteiger partial charge in [-0.2, -0.15) is 0 Å². The van der Waals surface area contributed by atoms with Gasteiger partial charge in [0, 0.05) is 0 Å². The third-order valence-corrected chi connectivity index (χ3v) is 37.5. The van der Waals surface area contributed by atoms with E-state index in [9.17, 15) is 0 Å². The van der Waals surface area contributed by atoms with Gasteiger partial charge in [-0.05, 0) is 0 Å². The second-order valence-corrected chi connectivity index (χ2v) is 66.0. The van der Waals surface area contributed by atoms with E-state index in [2.05, 4.69) is 85.6 Å². The monoisotopic (exact) mass is 611 g/mol. The molecule has 2 unspecified atom stereocenters. The van der Waals surface area contributed by atoms with E-state index in [1.54, 1.807) is 33.4 Å². The van der Waals surface area contributed by atoms with E-state index >= 15 is 0 Å². The second-order valence-electron chi connectivity index (χ2n) is 11.7. The molecule has 0 fully saturated rings. The summed E-state index contributed by atoms with van der Waals surface area (Å²) in [6, 6.07) is 19.0. The zero-order valence-corrected chi connectivity index (χ0v) is 27.1. The van der Waals surface area contributed by atoms with Gasteiger partial charge in [-0.1, -0.05) is 0 Å². The minimum absolute atomic E-state index is 0.728. The molecule has 0 saturated carbocycles. The third kappa shape index (κ3) is 3.65. The van der Waals surface area contributed by atoms with Crippen LogP contribution in [0.1, 0.15) is 95.8 Å². The Morgan fingerprint density at radius 1 is 0.656 bits per heavy atom. The quantitative estimate of drug-likeness (QED) is 0.263. The first kappa shape index (κ1) is 24.1. The number of hydrogen-bond acceptors (Lipinski definition) is 0. The number of allylic oxidation sites excluding steroid dienone is 4. The van der Waals surface area contributed by atoms with Gasteiger partial charge in [-0.25, -0.2) is 0 Å². The molecule has 0 saturated heterocycles. The van der Waals surface area contributed by atoms with Gasteiger partial charge in [0.05, 0.1) is 0 Å². The molecule has 171 valence electrons. The number of hydrogen-bond donors (Lipinski definition) is 0. The first-order valence-electron chi connectivity index (χ1n) is 13.1. The maximum atomic E-state index is 2.87. The van der Waals surface area contributed by atoms with Crippen molar-refractivity contribution in [1.29, 1.82) is 0 Å². The van der Waals surface area contributed by atoms with Gasteiger partial charge in [-0.15, -0.1) is 0 Å². The van der Waals surface area contributed by atoms with Crippen LogP contribution in [0.5, 0.6) is 0 Å². The van der Waals surface area contributed by atoms with Gasteiger partial charge in [-0.3, -0.25) is 0 Å². The minimum atomic E-state index is -3.45. The molecular formula is C30H43HfSi. The first-order valence-corrected chi connectivity index (χ1v) is 36.2. The summed E-state index contributed by atoms with van der Waals surface area (Å²) in [6.07, 6.45) is 7.43. The van der Waals surface area contributed by atoms with Gasteiger partial charge in [0.2, 0.25) is 0 Å². The van der Waals surface area contributed by atoms with E-state index in [1.165, 1.54) is 46.0 Å². The fourth-order valence-electron chi connectivity index (χ4n) is 7.61. The Morgan fingerprint density at radius 2 is 1.03 bits per heavy atom. The normalized spacial score (nSPS) is 21.6. The predicted molar refractivity (Wildman–Crippen MR) is 144 cm³/mol. The average Bonchev–Trinajstić information content (AvgIpc) is 3.27. The van der Waals surface area contributed by atoms with E-state index in [1.807, 2.05) is 11.1 Å². The van der Waals surface area contributed by atoms with Crippen molar-refractivity contribution in [1.82, 2.24) is 0 Å². The fourth-order valence-corrected chi connectivity index (χ4v) is 40.6. The molecule has 4 rings (SSSR count). The molecule has 0 aromatic heterocycles. The molecule has 0 heterocycles. The van der Waals surface area contributed by atoms with Crippen molar-refractivity contribution in [3.05, 3.63) is 81.9 Å². The fraction of sp³-hybridized carbons (Fsp3) is 0.467. The van der Waals surface area contributed by atoms with Crippen LogP contribution in [-0.4, -0.2) is 7.43 Å². The van der Waals surface area contributed by atoms with Crippen molar-refractivity contribution in [2.45, 2.75) is 82.9 Å². The Kier molecular flexibility index (Phi) is 6.78. The van der Waals surface area contributed by atoms with Crippen LogP contribution in [-0.2, 0) is 17.7 Å². The van der Waals surface area contributed by atoms with Crippen LogP contribution in [0.2, 0.25) is 9.36 Å².